The summed E-state index contributed by atoms with van der Waals surface area (Å²) in [5.74, 6) is -0.0530. The van der Waals surface area contributed by atoms with Gasteiger partial charge in [-0.1, -0.05) is 0 Å². The summed E-state index contributed by atoms with van der Waals surface area (Å²) in [6.07, 6.45) is 1.99. The predicted molar refractivity (Wildman–Crippen MR) is 63.9 cm³/mol. The van der Waals surface area contributed by atoms with Gasteiger partial charge in [0.1, 0.15) is 0 Å². The molecule has 1 heterocycles. The van der Waals surface area contributed by atoms with Gasteiger partial charge in [0.25, 0.3) is 0 Å². The van der Waals surface area contributed by atoms with E-state index in [-0.39, 0.29) is 11.9 Å². The fraction of sp³-hybridized carbons (Fsp3) is 0.917. The van der Waals surface area contributed by atoms with E-state index in [0.717, 1.165) is 32.5 Å². The normalized spacial score (nSPS) is 21.4. The van der Waals surface area contributed by atoms with E-state index in [0.29, 0.717) is 19.8 Å². The molecule has 1 saturated heterocycles. The minimum atomic E-state index is -0.0880. The lowest BCUT2D eigenvalue weighted by atomic mass is 9.98. The van der Waals surface area contributed by atoms with Crippen LogP contribution in [0.15, 0.2) is 0 Å². The molecule has 0 aromatic rings. The molecule has 0 saturated carbocycles. The van der Waals surface area contributed by atoms with Crippen LogP contribution < -0.4 is 0 Å². The van der Waals surface area contributed by atoms with Gasteiger partial charge in [-0.2, -0.15) is 0 Å². The predicted octanol–water partition coefficient (Wildman–Crippen LogP) is 0.534. The van der Waals surface area contributed by atoms with Crippen molar-refractivity contribution in [2.24, 2.45) is 5.92 Å². The minimum absolute atomic E-state index is 0.0349. The molecule has 0 aliphatic carbocycles. The summed E-state index contributed by atoms with van der Waals surface area (Å²) in [7, 11) is 3.12. The molecule has 0 radical (unpaired) electrons. The molecule has 1 aliphatic heterocycles. The second kappa shape index (κ2) is 8.44. The standard InChI is InChI=1S/C12H23NO4/c1-15-8-9-17-7-6-13-5-3-4-11(10-13)12(14)16-2/h11H,3-10H2,1-2H3/t11-/m0/s1. The number of nitrogens with zero attached hydrogens (tertiary/aromatic N) is 1. The van der Waals surface area contributed by atoms with Gasteiger partial charge in [0, 0.05) is 20.2 Å². The van der Waals surface area contributed by atoms with Gasteiger partial charge in [0.15, 0.2) is 0 Å². The number of methoxy groups -OCH3 is 2. The smallest absolute Gasteiger partial charge is 0.309 e. The highest BCUT2D eigenvalue weighted by Gasteiger charge is 2.25. The molecule has 17 heavy (non-hydrogen) atoms. The van der Waals surface area contributed by atoms with Crippen molar-refractivity contribution in [3.8, 4) is 0 Å². The Balaban J connectivity index is 2.14. The molecule has 1 aliphatic rings. The number of carbonyl (C=O) groups is 1. The van der Waals surface area contributed by atoms with Crippen molar-refractivity contribution < 1.29 is 19.0 Å². The van der Waals surface area contributed by atoms with Crippen LogP contribution in [-0.2, 0) is 19.0 Å². The maximum Gasteiger partial charge on any atom is 0.309 e. The fourth-order valence-corrected chi connectivity index (χ4v) is 2.06. The largest absolute Gasteiger partial charge is 0.469 e. The summed E-state index contributed by atoms with van der Waals surface area (Å²) in [5, 5.41) is 0. The Bertz CT molecular complexity index is 223. The lowest BCUT2D eigenvalue weighted by Gasteiger charge is -2.31. The Morgan fingerprint density at radius 2 is 2.12 bits per heavy atom. The van der Waals surface area contributed by atoms with Crippen LogP contribution in [0, 0.1) is 5.92 Å². The second-order valence-electron chi connectivity index (χ2n) is 4.27. The average Bonchev–Trinajstić information content (AvgIpc) is 2.38. The van der Waals surface area contributed by atoms with Crippen molar-refractivity contribution in [2.75, 3.05) is 53.7 Å². The van der Waals surface area contributed by atoms with E-state index in [1.807, 2.05) is 0 Å². The molecule has 5 nitrogen and oxygen atoms in total. The summed E-state index contributed by atoms with van der Waals surface area (Å²) in [6, 6.07) is 0. The molecule has 0 N–H and O–H groups in total. The van der Waals surface area contributed by atoms with Crippen LogP contribution >= 0.6 is 0 Å². The number of carbonyl (C=O) groups excluding carboxylic acids is 1. The second-order valence-corrected chi connectivity index (χ2v) is 4.27. The number of esters is 1. The molecule has 0 unspecified atom stereocenters. The van der Waals surface area contributed by atoms with Gasteiger partial charge in [0.2, 0.25) is 0 Å². The molecule has 100 valence electrons. The third kappa shape index (κ3) is 5.48. The van der Waals surface area contributed by atoms with Crippen LogP contribution in [0.5, 0.6) is 0 Å². The number of hydrogen-bond donors (Lipinski definition) is 0. The van der Waals surface area contributed by atoms with Crippen molar-refractivity contribution in [1.82, 2.24) is 4.90 Å². The number of hydrogen-bond acceptors (Lipinski definition) is 5. The van der Waals surface area contributed by atoms with Crippen LogP contribution in [-0.4, -0.2) is 64.5 Å². The number of piperidine rings is 1. The van der Waals surface area contributed by atoms with E-state index >= 15 is 0 Å². The maximum atomic E-state index is 11.4. The molecule has 1 fully saturated rings. The van der Waals surface area contributed by atoms with Crippen molar-refractivity contribution in [2.45, 2.75) is 12.8 Å². The van der Waals surface area contributed by atoms with Crippen molar-refractivity contribution in [1.29, 1.82) is 0 Å². The molecule has 0 spiro atoms. The fourth-order valence-electron chi connectivity index (χ4n) is 2.06. The Labute approximate surface area is 103 Å². The lowest BCUT2D eigenvalue weighted by Crippen LogP contribution is -2.40. The molecule has 0 amide bonds. The van der Waals surface area contributed by atoms with E-state index in [1.54, 1.807) is 7.11 Å². The lowest BCUT2D eigenvalue weighted by molar-refractivity contribution is -0.147. The highest BCUT2D eigenvalue weighted by Crippen LogP contribution is 2.17. The van der Waals surface area contributed by atoms with Crippen molar-refractivity contribution in [3.63, 3.8) is 0 Å². The van der Waals surface area contributed by atoms with Gasteiger partial charge in [-0.05, 0) is 19.4 Å². The third-order valence-electron chi connectivity index (χ3n) is 3.02. The molecule has 1 atom stereocenters. The minimum Gasteiger partial charge on any atom is -0.469 e. The SMILES string of the molecule is COCCOCCN1CCC[C@H](C(=O)OC)C1. The van der Waals surface area contributed by atoms with Gasteiger partial charge >= 0.3 is 5.97 Å². The number of rotatable bonds is 7. The maximum absolute atomic E-state index is 11.4. The van der Waals surface area contributed by atoms with E-state index < -0.39 is 0 Å². The van der Waals surface area contributed by atoms with Crippen molar-refractivity contribution in [3.05, 3.63) is 0 Å². The summed E-state index contributed by atoms with van der Waals surface area (Å²) >= 11 is 0. The molecular formula is C12H23NO4. The zero-order valence-electron chi connectivity index (χ0n) is 10.8. The molecule has 5 heteroatoms. The zero-order valence-corrected chi connectivity index (χ0v) is 10.8. The van der Waals surface area contributed by atoms with Crippen LogP contribution in [0.25, 0.3) is 0 Å². The van der Waals surface area contributed by atoms with Gasteiger partial charge in [-0.3, -0.25) is 4.79 Å². The van der Waals surface area contributed by atoms with Gasteiger partial charge in [-0.15, -0.1) is 0 Å². The summed E-state index contributed by atoms with van der Waals surface area (Å²) in [5.41, 5.74) is 0. The summed E-state index contributed by atoms with van der Waals surface area (Å²) < 4.78 is 15.1. The zero-order chi connectivity index (χ0) is 12.5. The average molecular weight is 245 g/mol. The topological polar surface area (TPSA) is 48.0 Å². The Hall–Kier alpha value is -0.650. The third-order valence-corrected chi connectivity index (χ3v) is 3.02. The molecule has 0 aromatic carbocycles. The van der Waals surface area contributed by atoms with Gasteiger partial charge in [-0.25, -0.2) is 0 Å². The van der Waals surface area contributed by atoms with Crippen LogP contribution in [0.2, 0.25) is 0 Å². The molecular weight excluding hydrogens is 222 g/mol. The summed E-state index contributed by atoms with van der Waals surface area (Å²) in [4.78, 5) is 13.7. The van der Waals surface area contributed by atoms with E-state index in [4.69, 9.17) is 14.2 Å². The molecule has 0 aromatic heterocycles. The van der Waals surface area contributed by atoms with Crippen molar-refractivity contribution >= 4 is 5.97 Å². The highest BCUT2D eigenvalue weighted by atomic mass is 16.5. The van der Waals surface area contributed by atoms with Gasteiger partial charge < -0.3 is 19.1 Å². The Morgan fingerprint density at radius 1 is 1.29 bits per heavy atom. The first kappa shape index (κ1) is 14.4. The summed E-state index contributed by atoms with van der Waals surface area (Å²) in [6.45, 7) is 4.66. The van der Waals surface area contributed by atoms with Gasteiger partial charge in [0.05, 0.1) is 32.8 Å². The van der Waals surface area contributed by atoms with E-state index in [9.17, 15) is 4.79 Å². The van der Waals surface area contributed by atoms with E-state index in [2.05, 4.69) is 4.90 Å². The highest BCUT2D eigenvalue weighted by molar-refractivity contribution is 5.72. The number of likely N-dealkylation sites (tertiary alicyclic amines) is 1. The molecule has 0 bridgehead atoms. The first-order chi connectivity index (χ1) is 8.27. The first-order valence-corrected chi connectivity index (χ1v) is 6.14. The monoisotopic (exact) mass is 245 g/mol. The Morgan fingerprint density at radius 3 is 2.82 bits per heavy atom. The Kier molecular flexibility index (Phi) is 7.16. The number of ether oxygens (including phenoxy) is 3. The molecule has 1 rings (SSSR count). The van der Waals surface area contributed by atoms with Crippen LogP contribution in [0.4, 0.5) is 0 Å². The van der Waals surface area contributed by atoms with Crippen LogP contribution in [0.3, 0.4) is 0 Å². The van der Waals surface area contributed by atoms with Crippen LogP contribution in [0.1, 0.15) is 12.8 Å². The first-order valence-electron chi connectivity index (χ1n) is 6.14. The van der Waals surface area contributed by atoms with E-state index in [1.165, 1.54) is 7.11 Å². The quantitative estimate of drug-likeness (QED) is 0.484.